The Kier molecular flexibility index (Phi) is 2.60. The fourth-order valence-electron chi connectivity index (χ4n) is 2.63. The summed E-state index contributed by atoms with van der Waals surface area (Å²) in [5.41, 5.74) is 3.47. The molecule has 20 heavy (non-hydrogen) atoms. The van der Waals surface area contributed by atoms with Gasteiger partial charge in [0.25, 0.3) is 0 Å². The summed E-state index contributed by atoms with van der Waals surface area (Å²) in [6.45, 7) is 0.875. The minimum Gasteiger partial charge on any atom is -0.245 e. The largest absolute Gasteiger partial charge is 0.245 e. The zero-order valence-electron chi connectivity index (χ0n) is 10.8. The second-order valence-corrected chi connectivity index (χ2v) is 5.34. The normalized spacial score (nSPS) is 12.8. The van der Waals surface area contributed by atoms with Gasteiger partial charge in [-0.05, 0) is 24.1 Å². The lowest BCUT2D eigenvalue weighted by Crippen LogP contribution is -2.11. The highest BCUT2D eigenvalue weighted by Gasteiger charge is 2.20. The Labute approximate surface area is 121 Å². The molecule has 1 aliphatic rings. The van der Waals surface area contributed by atoms with Gasteiger partial charge in [0.05, 0.1) is 0 Å². The maximum absolute atomic E-state index is 6.04. The summed E-state index contributed by atoms with van der Waals surface area (Å²) < 4.78 is 1.98. The van der Waals surface area contributed by atoms with Crippen LogP contribution < -0.4 is 0 Å². The molecule has 1 aromatic heterocycles. The maximum Gasteiger partial charge on any atom is 0.181 e. The van der Waals surface area contributed by atoms with E-state index in [9.17, 15) is 0 Å². The fourth-order valence-corrected chi connectivity index (χ4v) is 2.82. The average molecular weight is 282 g/mol. The molecule has 0 spiro atoms. The molecule has 0 N–H and O–H groups in total. The summed E-state index contributed by atoms with van der Waals surface area (Å²) in [6.07, 6.45) is 1.00. The topological polar surface area (TPSA) is 30.7 Å². The van der Waals surface area contributed by atoms with Gasteiger partial charge in [-0.25, -0.2) is 9.67 Å². The number of halogens is 1. The van der Waals surface area contributed by atoms with Gasteiger partial charge in [-0.15, -0.1) is 0 Å². The lowest BCUT2D eigenvalue weighted by Gasteiger charge is -2.15. The van der Waals surface area contributed by atoms with Crippen LogP contribution in [0.15, 0.2) is 48.5 Å². The Balaban J connectivity index is 1.86. The Morgan fingerprint density at radius 3 is 2.85 bits per heavy atom. The predicted molar refractivity (Wildman–Crippen MR) is 79.6 cm³/mol. The monoisotopic (exact) mass is 281 g/mol. The first-order chi connectivity index (χ1) is 9.81. The molecule has 0 atom stereocenters. The number of rotatable bonds is 1. The van der Waals surface area contributed by atoms with E-state index in [1.54, 1.807) is 0 Å². The van der Waals surface area contributed by atoms with Gasteiger partial charge >= 0.3 is 0 Å². The number of fused-ring (bicyclic) bond motifs is 3. The third-order valence-corrected chi connectivity index (χ3v) is 3.84. The lowest BCUT2D eigenvalue weighted by molar-refractivity contribution is 0.607. The SMILES string of the molecule is Clc1cccc(-c2nc3n(n2)CCc2ccccc2-3)c1. The highest BCUT2D eigenvalue weighted by atomic mass is 35.5. The molecule has 0 amide bonds. The number of hydrogen-bond donors (Lipinski definition) is 0. The van der Waals surface area contributed by atoms with E-state index in [1.165, 1.54) is 11.1 Å². The van der Waals surface area contributed by atoms with Crippen LogP contribution in [0.3, 0.4) is 0 Å². The third kappa shape index (κ3) is 1.82. The minimum atomic E-state index is 0.704. The van der Waals surface area contributed by atoms with E-state index in [0.29, 0.717) is 5.02 Å². The fraction of sp³-hybridized carbons (Fsp3) is 0.125. The second-order valence-electron chi connectivity index (χ2n) is 4.90. The van der Waals surface area contributed by atoms with E-state index in [0.717, 1.165) is 30.2 Å². The molecule has 0 saturated heterocycles. The number of benzene rings is 2. The van der Waals surface area contributed by atoms with Crippen LogP contribution in [0, 0.1) is 0 Å². The molecule has 0 bridgehead atoms. The van der Waals surface area contributed by atoms with Crippen LogP contribution >= 0.6 is 11.6 Å². The van der Waals surface area contributed by atoms with Crippen molar-refractivity contribution >= 4 is 11.6 Å². The Bertz CT molecular complexity index is 792. The van der Waals surface area contributed by atoms with Gasteiger partial charge in [0.1, 0.15) is 0 Å². The van der Waals surface area contributed by atoms with E-state index in [-0.39, 0.29) is 0 Å². The van der Waals surface area contributed by atoms with Gasteiger partial charge in [-0.3, -0.25) is 0 Å². The molecule has 4 heteroatoms. The molecule has 3 nitrogen and oxygen atoms in total. The molecule has 4 rings (SSSR count). The van der Waals surface area contributed by atoms with Crippen LogP contribution in [0.4, 0.5) is 0 Å². The number of aromatic nitrogens is 3. The first kappa shape index (κ1) is 11.7. The van der Waals surface area contributed by atoms with Crippen molar-refractivity contribution in [1.29, 1.82) is 0 Å². The van der Waals surface area contributed by atoms with Crippen molar-refractivity contribution < 1.29 is 0 Å². The van der Waals surface area contributed by atoms with Gasteiger partial charge in [0.15, 0.2) is 11.6 Å². The summed E-state index contributed by atoms with van der Waals surface area (Å²) in [7, 11) is 0. The lowest BCUT2D eigenvalue weighted by atomic mass is 10.0. The highest BCUT2D eigenvalue weighted by molar-refractivity contribution is 6.30. The molecule has 2 heterocycles. The molecule has 0 aliphatic carbocycles. The number of aryl methyl sites for hydroxylation is 2. The van der Waals surface area contributed by atoms with Crippen molar-refractivity contribution in [3.63, 3.8) is 0 Å². The number of nitrogens with zero attached hydrogens (tertiary/aromatic N) is 3. The van der Waals surface area contributed by atoms with E-state index in [4.69, 9.17) is 16.6 Å². The molecule has 0 fully saturated rings. The molecule has 0 radical (unpaired) electrons. The molecule has 0 saturated carbocycles. The molecular weight excluding hydrogens is 270 g/mol. The zero-order valence-corrected chi connectivity index (χ0v) is 11.5. The standard InChI is InChI=1S/C16H12ClN3/c17-13-6-3-5-12(10-13)15-18-16-14-7-2-1-4-11(14)8-9-20(16)19-15/h1-7,10H,8-9H2. The van der Waals surface area contributed by atoms with Crippen LogP contribution in [0.25, 0.3) is 22.8 Å². The summed E-state index contributed by atoms with van der Waals surface area (Å²) >= 11 is 6.04. The predicted octanol–water partition coefficient (Wildman–Crippen LogP) is 3.82. The van der Waals surface area contributed by atoms with E-state index in [2.05, 4.69) is 23.3 Å². The third-order valence-electron chi connectivity index (χ3n) is 3.61. The van der Waals surface area contributed by atoms with Crippen molar-refractivity contribution in [1.82, 2.24) is 14.8 Å². The van der Waals surface area contributed by atoms with Crippen LogP contribution in [-0.2, 0) is 13.0 Å². The molecule has 3 aromatic rings. The van der Waals surface area contributed by atoms with Gasteiger partial charge < -0.3 is 0 Å². The van der Waals surface area contributed by atoms with E-state index >= 15 is 0 Å². The van der Waals surface area contributed by atoms with Gasteiger partial charge in [-0.1, -0.05) is 48.0 Å². The van der Waals surface area contributed by atoms with Crippen molar-refractivity contribution in [2.75, 3.05) is 0 Å². The van der Waals surface area contributed by atoms with Crippen LogP contribution in [-0.4, -0.2) is 14.8 Å². The zero-order chi connectivity index (χ0) is 13.5. The molecule has 1 aliphatic heterocycles. The van der Waals surface area contributed by atoms with E-state index in [1.807, 2.05) is 35.0 Å². The summed E-state index contributed by atoms with van der Waals surface area (Å²) in [4.78, 5) is 4.70. The van der Waals surface area contributed by atoms with Crippen LogP contribution in [0.2, 0.25) is 5.02 Å². The molecule has 2 aromatic carbocycles. The Morgan fingerprint density at radius 1 is 1.05 bits per heavy atom. The second kappa shape index (κ2) is 4.46. The van der Waals surface area contributed by atoms with Crippen molar-refractivity contribution in [2.45, 2.75) is 13.0 Å². The van der Waals surface area contributed by atoms with Gasteiger partial charge in [-0.2, -0.15) is 5.10 Å². The summed E-state index contributed by atoms with van der Waals surface area (Å²) in [5.74, 6) is 1.68. The minimum absolute atomic E-state index is 0.704. The van der Waals surface area contributed by atoms with Crippen molar-refractivity contribution in [2.24, 2.45) is 0 Å². The molecular formula is C16H12ClN3. The van der Waals surface area contributed by atoms with Crippen LogP contribution in [0.5, 0.6) is 0 Å². The maximum atomic E-state index is 6.04. The van der Waals surface area contributed by atoms with Crippen molar-refractivity contribution in [3.05, 3.63) is 59.1 Å². The first-order valence-corrected chi connectivity index (χ1v) is 6.98. The number of hydrogen-bond acceptors (Lipinski definition) is 2. The Hall–Kier alpha value is -2.13. The average Bonchev–Trinajstić information content (AvgIpc) is 2.92. The van der Waals surface area contributed by atoms with Gasteiger partial charge in [0.2, 0.25) is 0 Å². The Morgan fingerprint density at radius 2 is 1.95 bits per heavy atom. The summed E-state index contributed by atoms with van der Waals surface area (Å²) in [6, 6.07) is 16.0. The van der Waals surface area contributed by atoms with Crippen LogP contribution in [0.1, 0.15) is 5.56 Å². The van der Waals surface area contributed by atoms with Crippen molar-refractivity contribution in [3.8, 4) is 22.8 Å². The van der Waals surface area contributed by atoms with E-state index < -0.39 is 0 Å². The molecule has 0 unspecified atom stereocenters. The summed E-state index contributed by atoms with van der Waals surface area (Å²) in [5, 5.41) is 5.31. The van der Waals surface area contributed by atoms with Gasteiger partial charge in [0, 0.05) is 22.7 Å². The molecule has 98 valence electrons. The highest BCUT2D eigenvalue weighted by Crippen LogP contribution is 2.30. The first-order valence-electron chi connectivity index (χ1n) is 6.60. The smallest absolute Gasteiger partial charge is 0.181 e. The quantitative estimate of drug-likeness (QED) is 0.679.